The van der Waals surface area contributed by atoms with Gasteiger partial charge in [-0.1, -0.05) is 29.3 Å². The summed E-state index contributed by atoms with van der Waals surface area (Å²) >= 11 is 14.2. The van der Waals surface area contributed by atoms with E-state index in [0.29, 0.717) is 21.9 Å². The van der Waals surface area contributed by atoms with E-state index in [1.807, 2.05) is 30.5 Å². The van der Waals surface area contributed by atoms with E-state index >= 15 is 0 Å². The second-order valence-electron chi connectivity index (χ2n) is 9.69. The topological polar surface area (TPSA) is 62.7 Å². The average Bonchev–Trinajstić information content (AvgIpc) is 2.90. The van der Waals surface area contributed by atoms with Gasteiger partial charge < -0.3 is 14.7 Å². The molecule has 1 saturated heterocycles. The quantitative estimate of drug-likeness (QED) is 0.232. The van der Waals surface area contributed by atoms with E-state index < -0.39 is 5.97 Å². The highest BCUT2D eigenvalue weighted by Crippen LogP contribution is 2.35. The number of carboxylic acids is 1. The molecule has 3 aromatic rings. The fraction of sp³-hybridized carbons (Fsp3) is 0.448. The molecule has 1 aromatic heterocycles. The van der Waals surface area contributed by atoms with Gasteiger partial charge in [0.05, 0.1) is 22.7 Å². The Labute approximate surface area is 233 Å². The van der Waals surface area contributed by atoms with Gasteiger partial charge in [-0.25, -0.2) is 0 Å². The molecular weight excluding hydrogens is 527 g/mol. The van der Waals surface area contributed by atoms with Gasteiger partial charge in [-0.2, -0.15) is 0 Å². The summed E-state index contributed by atoms with van der Waals surface area (Å²) < 4.78 is 5.42. The van der Waals surface area contributed by atoms with Crippen LogP contribution in [0.3, 0.4) is 0 Å². The Balaban J connectivity index is 1.32. The van der Waals surface area contributed by atoms with Crippen LogP contribution in [0.1, 0.15) is 37.7 Å². The lowest BCUT2D eigenvalue weighted by molar-refractivity contribution is -0.137. The van der Waals surface area contributed by atoms with E-state index in [1.165, 1.54) is 5.56 Å². The minimum atomic E-state index is -0.709. The van der Waals surface area contributed by atoms with Crippen molar-refractivity contribution in [2.24, 2.45) is 11.8 Å². The third-order valence-corrected chi connectivity index (χ3v) is 9.31. The molecule has 0 radical (unpaired) electrons. The van der Waals surface area contributed by atoms with Crippen molar-refractivity contribution >= 4 is 51.8 Å². The molecule has 1 aliphatic heterocycles. The lowest BCUT2D eigenvalue weighted by Crippen LogP contribution is -2.41. The maximum absolute atomic E-state index is 11.3. The highest BCUT2D eigenvalue weighted by Gasteiger charge is 2.29. The minimum absolute atomic E-state index is 0.233. The first kappa shape index (κ1) is 28.0. The fourth-order valence-electron chi connectivity index (χ4n) is 5.34. The summed E-state index contributed by atoms with van der Waals surface area (Å²) in [5, 5.41) is 11.7. The van der Waals surface area contributed by atoms with Crippen LogP contribution in [-0.2, 0) is 11.2 Å². The smallest absolute Gasteiger partial charge is 0.303 e. The molecule has 1 aliphatic rings. The van der Waals surface area contributed by atoms with Crippen molar-refractivity contribution in [2.75, 3.05) is 32.5 Å². The van der Waals surface area contributed by atoms with E-state index in [1.54, 1.807) is 24.9 Å². The number of aryl methyl sites for hydroxylation is 1. The van der Waals surface area contributed by atoms with Crippen LogP contribution in [0.4, 0.5) is 0 Å². The van der Waals surface area contributed by atoms with Crippen molar-refractivity contribution in [1.82, 2.24) is 9.88 Å². The predicted molar refractivity (Wildman–Crippen MR) is 153 cm³/mol. The van der Waals surface area contributed by atoms with E-state index in [4.69, 9.17) is 27.9 Å². The van der Waals surface area contributed by atoms with E-state index in [2.05, 4.69) is 22.0 Å². The first-order chi connectivity index (χ1) is 17.9. The van der Waals surface area contributed by atoms with Crippen LogP contribution in [0.15, 0.2) is 53.6 Å². The van der Waals surface area contributed by atoms with Crippen LogP contribution in [0.2, 0.25) is 10.0 Å². The van der Waals surface area contributed by atoms with Crippen molar-refractivity contribution in [3.05, 3.63) is 64.3 Å². The van der Waals surface area contributed by atoms with Crippen molar-refractivity contribution in [1.29, 1.82) is 0 Å². The number of rotatable bonds is 12. The Morgan fingerprint density at radius 2 is 2.05 bits per heavy atom. The highest BCUT2D eigenvalue weighted by molar-refractivity contribution is 7.99. The summed E-state index contributed by atoms with van der Waals surface area (Å²) in [5.41, 5.74) is 2.28. The first-order valence-electron chi connectivity index (χ1n) is 12.9. The molecule has 2 heterocycles. The Kier molecular flexibility index (Phi) is 10.4. The standard InChI is InChI=1S/C29H34Cl2N2O3S/c1-36-23-9-10-26-24(18-23)21(12-14-32-26)5-2-4-20-13-15-33(19-22(20)8-11-28(34)35)16-17-37-27-7-3-6-25(30)29(27)31/h3,6-7,9-10,12,14,18,20,22H,2,4-5,8,11,13,15-17,19H2,1H3,(H,34,35)/t20-,22+/m1/s1. The lowest BCUT2D eigenvalue weighted by atomic mass is 9.79. The number of likely N-dealkylation sites (tertiary alicyclic amines) is 1. The minimum Gasteiger partial charge on any atom is -0.497 e. The predicted octanol–water partition coefficient (Wildman–Crippen LogP) is 7.47. The van der Waals surface area contributed by atoms with Crippen LogP contribution in [-0.4, -0.2) is 53.5 Å². The Bertz CT molecular complexity index is 1210. The number of hydrogen-bond acceptors (Lipinski definition) is 5. The molecule has 4 rings (SSSR count). The molecule has 1 fully saturated rings. The number of hydrogen-bond donors (Lipinski definition) is 1. The lowest BCUT2D eigenvalue weighted by Gasteiger charge is -2.39. The van der Waals surface area contributed by atoms with E-state index in [0.717, 1.165) is 79.0 Å². The summed E-state index contributed by atoms with van der Waals surface area (Å²) in [6, 6.07) is 13.9. The molecule has 0 unspecified atom stereocenters. The van der Waals surface area contributed by atoms with Gasteiger partial charge in [-0.3, -0.25) is 9.78 Å². The zero-order valence-corrected chi connectivity index (χ0v) is 23.5. The molecule has 2 aromatic carbocycles. The molecule has 0 bridgehead atoms. The van der Waals surface area contributed by atoms with Gasteiger partial charge in [-0.05, 0) is 92.4 Å². The van der Waals surface area contributed by atoms with Crippen LogP contribution < -0.4 is 4.74 Å². The molecule has 0 amide bonds. The second kappa shape index (κ2) is 13.7. The average molecular weight is 562 g/mol. The summed E-state index contributed by atoms with van der Waals surface area (Å²) in [7, 11) is 1.69. The monoisotopic (exact) mass is 560 g/mol. The number of nitrogens with zero attached hydrogens (tertiary/aromatic N) is 2. The number of ether oxygens (including phenoxy) is 1. The number of benzene rings is 2. The molecule has 198 valence electrons. The number of carbonyl (C=O) groups is 1. The van der Waals surface area contributed by atoms with Crippen LogP contribution in [0.25, 0.3) is 10.9 Å². The maximum atomic E-state index is 11.3. The number of carboxylic acid groups (broad SMARTS) is 1. The number of thioether (sulfide) groups is 1. The van der Waals surface area contributed by atoms with Crippen LogP contribution >= 0.6 is 35.0 Å². The third kappa shape index (κ3) is 7.76. The molecular formula is C29H34Cl2N2O3S. The number of methoxy groups -OCH3 is 1. The molecule has 0 saturated carbocycles. The molecule has 8 heteroatoms. The maximum Gasteiger partial charge on any atom is 0.303 e. The SMILES string of the molecule is COc1ccc2nccc(CCC[C@@H]3CCN(CCSc4cccc(Cl)c4Cl)C[C@@H]3CCC(=O)O)c2c1. The van der Waals surface area contributed by atoms with E-state index in [-0.39, 0.29) is 6.42 Å². The van der Waals surface area contributed by atoms with Gasteiger partial charge in [-0.15, -0.1) is 11.8 Å². The third-order valence-electron chi connectivity index (χ3n) is 7.35. The summed E-state index contributed by atoms with van der Waals surface area (Å²) in [6.07, 6.45) is 7.13. The van der Waals surface area contributed by atoms with Crippen molar-refractivity contribution in [2.45, 2.75) is 43.4 Å². The van der Waals surface area contributed by atoms with E-state index in [9.17, 15) is 9.90 Å². The molecule has 37 heavy (non-hydrogen) atoms. The van der Waals surface area contributed by atoms with Gasteiger partial charge in [0.2, 0.25) is 0 Å². The number of halogens is 2. The summed E-state index contributed by atoms with van der Waals surface area (Å²) in [6.45, 7) is 2.96. The van der Waals surface area contributed by atoms with Crippen LogP contribution in [0.5, 0.6) is 5.75 Å². The normalized spacial score (nSPS) is 18.2. The molecule has 2 atom stereocenters. The zero-order valence-electron chi connectivity index (χ0n) is 21.2. The fourth-order valence-corrected chi connectivity index (χ4v) is 6.84. The Morgan fingerprint density at radius 3 is 2.86 bits per heavy atom. The second-order valence-corrected chi connectivity index (χ2v) is 11.6. The van der Waals surface area contributed by atoms with Gasteiger partial charge in [0.1, 0.15) is 5.75 Å². The van der Waals surface area contributed by atoms with Gasteiger partial charge in [0.15, 0.2) is 0 Å². The number of aromatic nitrogens is 1. The largest absolute Gasteiger partial charge is 0.497 e. The number of aliphatic carboxylic acids is 1. The highest BCUT2D eigenvalue weighted by atomic mass is 35.5. The van der Waals surface area contributed by atoms with Gasteiger partial charge >= 0.3 is 5.97 Å². The van der Waals surface area contributed by atoms with Gasteiger partial charge in [0, 0.05) is 41.7 Å². The summed E-state index contributed by atoms with van der Waals surface area (Å²) in [4.78, 5) is 19.3. The number of piperidine rings is 1. The Morgan fingerprint density at radius 1 is 1.19 bits per heavy atom. The molecule has 0 aliphatic carbocycles. The Hall–Kier alpha value is -1.99. The van der Waals surface area contributed by atoms with Crippen molar-refractivity contribution < 1.29 is 14.6 Å². The van der Waals surface area contributed by atoms with Gasteiger partial charge in [0.25, 0.3) is 0 Å². The van der Waals surface area contributed by atoms with Crippen LogP contribution in [0, 0.1) is 11.8 Å². The number of fused-ring (bicyclic) bond motifs is 1. The first-order valence-corrected chi connectivity index (χ1v) is 14.6. The van der Waals surface area contributed by atoms with Crippen molar-refractivity contribution in [3.63, 3.8) is 0 Å². The molecule has 1 N–H and O–H groups in total. The zero-order chi connectivity index (χ0) is 26.2. The molecule has 5 nitrogen and oxygen atoms in total. The van der Waals surface area contributed by atoms with Crippen molar-refractivity contribution in [3.8, 4) is 5.75 Å². The summed E-state index contributed by atoms with van der Waals surface area (Å²) in [5.74, 6) is 2.01. The number of pyridine rings is 1. The molecule has 0 spiro atoms.